The SMILES string of the molecule is CSC1CCCC1NC(=O)Cc1ccccc1N. The van der Waals surface area contributed by atoms with Gasteiger partial charge in [-0.1, -0.05) is 24.6 Å². The number of thioether (sulfide) groups is 1. The molecule has 2 rings (SSSR count). The van der Waals surface area contributed by atoms with E-state index in [4.69, 9.17) is 5.73 Å². The maximum atomic E-state index is 12.0. The number of amides is 1. The summed E-state index contributed by atoms with van der Waals surface area (Å²) < 4.78 is 0. The molecule has 98 valence electrons. The predicted molar refractivity (Wildman–Crippen MR) is 77.6 cm³/mol. The molecule has 0 aliphatic heterocycles. The van der Waals surface area contributed by atoms with Crippen molar-refractivity contribution in [3.63, 3.8) is 0 Å². The van der Waals surface area contributed by atoms with E-state index in [1.165, 1.54) is 12.8 Å². The van der Waals surface area contributed by atoms with Crippen LogP contribution in [-0.4, -0.2) is 23.5 Å². The summed E-state index contributed by atoms with van der Waals surface area (Å²) in [7, 11) is 0. The van der Waals surface area contributed by atoms with Crippen LogP contribution in [0.2, 0.25) is 0 Å². The van der Waals surface area contributed by atoms with E-state index in [0.717, 1.165) is 12.0 Å². The minimum atomic E-state index is 0.0823. The Bertz CT molecular complexity index is 422. The molecule has 2 atom stereocenters. The minimum Gasteiger partial charge on any atom is -0.398 e. The first-order valence-corrected chi connectivity index (χ1v) is 7.65. The number of nitrogens with two attached hydrogens (primary N) is 1. The largest absolute Gasteiger partial charge is 0.398 e. The van der Waals surface area contributed by atoms with E-state index in [1.54, 1.807) is 0 Å². The van der Waals surface area contributed by atoms with Gasteiger partial charge in [0.05, 0.1) is 6.42 Å². The first-order valence-electron chi connectivity index (χ1n) is 6.36. The van der Waals surface area contributed by atoms with Crippen LogP contribution >= 0.6 is 11.8 Å². The molecular formula is C14H20N2OS. The highest BCUT2D eigenvalue weighted by atomic mass is 32.2. The van der Waals surface area contributed by atoms with Crippen LogP contribution < -0.4 is 11.1 Å². The lowest BCUT2D eigenvalue weighted by Crippen LogP contribution is -2.39. The molecule has 4 heteroatoms. The number of hydrogen-bond donors (Lipinski definition) is 2. The monoisotopic (exact) mass is 264 g/mol. The van der Waals surface area contributed by atoms with Crippen LogP contribution in [0.25, 0.3) is 0 Å². The highest BCUT2D eigenvalue weighted by Crippen LogP contribution is 2.28. The van der Waals surface area contributed by atoms with Crippen LogP contribution in [0, 0.1) is 0 Å². The van der Waals surface area contributed by atoms with Gasteiger partial charge >= 0.3 is 0 Å². The van der Waals surface area contributed by atoms with Gasteiger partial charge in [0.1, 0.15) is 0 Å². The lowest BCUT2D eigenvalue weighted by Gasteiger charge is -2.19. The van der Waals surface area contributed by atoms with Gasteiger partial charge in [-0.3, -0.25) is 4.79 Å². The maximum absolute atomic E-state index is 12.0. The van der Waals surface area contributed by atoms with Crippen molar-refractivity contribution in [2.75, 3.05) is 12.0 Å². The summed E-state index contributed by atoms with van der Waals surface area (Å²) in [5.74, 6) is 0.0823. The Labute approximate surface area is 113 Å². The molecule has 1 aliphatic rings. The summed E-state index contributed by atoms with van der Waals surface area (Å²) in [4.78, 5) is 12.0. The van der Waals surface area contributed by atoms with Gasteiger partial charge in [0.2, 0.25) is 5.91 Å². The van der Waals surface area contributed by atoms with E-state index in [-0.39, 0.29) is 5.91 Å². The highest BCUT2D eigenvalue weighted by molar-refractivity contribution is 7.99. The lowest BCUT2D eigenvalue weighted by molar-refractivity contribution is -0.121. The average molecular weight is 264 g/mol. The molecule has 0 spiro atoms. The fourth-order valence-electron chi connectivity index (χ4n) is 2.50. The molecule has 3 nitrogen and oxygen atoms in total. The number of para-hydroxylation sites is 1. The fourth-order valence-corrected chi connectivity index (χ4v) is 3.43. The molecule has 0 bridgehead atoms. The smallest absolute Gasteiger partial charge is 0.224 e. The van der Waals surface area contributed by atoms with E-state index in [1.807, 2.05) is 36.0 Å². The molecule has 0 heterocycles. The number of benzene rings is 1. The summed E-state index contributed by atoms with van der Waals surface area (Å²) in [6.07, 6.45) is 6.01. The Morgan fingerprint density at radius 3 is 2.94 bits per heavy atom. The van der Waals surface area contributed by atoms with Gasteiger partial charge in [0.15, 0.2) is 0 Å². The molecule has 0 saturated heterocycles. The van der Waals surface area contributed by atoms with Crippen molar-refractivity contribution in [3.8, 4) is 0 Å². The first-order chi connectivity index (χ1) is 8.70. The van der Waals surface area contributed by atoms with E-state index in [9.17, 15) is 4.79 Å². The molecule has 1 aliphatic carbocycles. The summed E-state index contributed by atoms with van der Waals surface area (Å²) in [6, 6.07) is 7.88. The van der Waals surface area contributed by atoms with Gasteiger partial charge in [-0.2, -0.15) is 11.8 Å². The number of nitrogen functional groups attached to an aromatic ring is 1. The Morgan fingerprint density at radius 2 is 2.22 bits per heavy atom. The number of anilines is 1. The van der Waals surface area contributed by atoms with Crippen LogP contribution in [0.3, 0.4) is 0 Å². The fraction of sp³-hybridized carbons (Fsp3) is 0.500. The molecule has 0 aromatic heterocycles. The molecule has 1 amide bonds. The molecule has 1 aromatic carbocycles. The Kier molecular flexibility index (Phi) is 4.53. The van der Waals surface area contributed by atoms with Gasteiger partial charge in [-0.05, 0) is 30.7 Å². The maximum Gasteiger partial charge on any atom is 0.224 e. The quantitative estimate of drug-likeness (QED) is 0.820. The van der Waals surface area contributed by atoms with Crippen LogP contribution in [0.1, 0.15) is 24.8 Å². The van der Waals surface area contributed by atoms with Crippen LogP contribution in [0.15, 0.2) is 24.3 Å². The minimum absolute atomic E-state index is 0.0823. The lowest BCUT2D eigenvalue weighted by atomic mass is 10.1. The Balaban J connectivity index is 1.91. The van der Waals surface area contributed by atoms with Crippen LogP contribution in [-0.2, 0) is 11.2 Å². The van der Waals surface area contributed by atoms with Crippen molar-refractivity contribution in [3.05, 3.63) is 29.8 Å². The van der Waals surface area contributed by atoms with E-state index in [0.29, 0.717) is 23.4 Å². The molecule has 18 heavy (non-hydrogen) atoms. The van der Waals surface area contributed by atoms with Gasteiger partial charge in [0.25, 0.3) is 0 Å². The number of hydrogen-bond acceptors (Lipinski definition) is 3. The standard InChI is InChI=1S/C14H20N2OS/c1-18-13-8-4-7-12(13)16-14(17)9-10-5-2-3-6-11(10)15/h2-3,5-6,12-13H,4,7-9,15H2,1H3,(H,16,17). The average Bonchev–Trinajstić information content (AvgIpc) is 2.79. The second-order valence-corrected chi connectivity index (χ2v) is 5.83. The van der Waals surface area contributed by atoms with Crippen molar-refractivity contribution in [2.45, 2.75) is 37.0 Å². The normalized spacial score (nSPS) is 22.9. The second-order valence-electron chi connectivity index (χ2n) is 4.75. The molecule has 0 radical (unpaired) electrons. The van der Waals surface area contributed by atoms with Crippen molar-refractivity contribution >= 4 is 23.4 Å². The molecule has 2 unspecified atom stereocenters. The molecule has 3 N–H and O–H groups in total. The number of carbonyl (C=O) groups is 1. The zero-order valence-electron chi connectivity index (χ0n) is 10.7. The zero-order valence-corrected chi connectivity index (χ0v) is 11.5. The van der Waals surface area contributed by atoms with Crippen molar-refractivity contribution in [2.24, 2.45) is 0 Å². The topological polar surface area (TPSA) is 55.1 Å². The third-order valence-electron chi connectivity index (χ3n) is 3.51. The molecule has 1 aromatic rings. The van der Waals surface area contributed by atoms with Crippen molar-refractivity contribution < 1.29 is 4.79 Å². The van der Waals surface area contributed by atoms with Gasteiger partial charge in [0, 0.05) is 17.0 Å². The predicted octanol–water partition coefficient (Wildman–Crippen LogP) is 2.21. The molecule has 1 saturated carbocycles. The Morgan fingerprint density at radius 1 is 1.44 bits per heavy atom. The molecular weight excluding hydrogens is 244 g/mol. The summed E-state index contributed by atoms with van der Waals surface area (Å²) in [6.45, 7) is 0. The van der Waals surface area contributed by atoms with Gasteiger partial charge < -0.3 is 11.1 Å². The third-order valence-corrected chi connectivity index (χ3v) is 4.68. The van der Waals surface area contributed by atoms with Gasteiger partial charge in [-0.15, -0.1) is 0 Å². The molecule has 1 fully saturated rings. The van der Waals surface area contributed by atoms with E-state index in [2.05, 4.69) is 11.6 Å². The third kappa shape index (κ3) is 3.19. The van der Waals surface area contributed by atoms with E-state index >= 15 is 0 Å². The van der Waals surface area contributed by atoms with Crippen LogP contribution in [0.5, 0.6) is 0 Å². The highest BCUT2D eigenvalue weighted by Gasteiger charge is 2.27. The van der Waals surface area contributed by atoms with E-state index < -0.39 is 0 Å². The van der Waals surface area contributed by atoms with Crippen molar-refractivity contribution in [1.29, 1.82) is 0 Å². The zero-order chi connectivity index (χ0) is 13.0. The van der Waals surface area contributed by atoms with Crippen molar-refractivity contribution in [1.82, 2.24) is 5.32 Å². The van der Waals surface area contributed by atoms with Gasteiger partial charge in [-0.25, -0.2) is 0 Å². The first kappa shape index (κ1) is 13.3. The number of nitrogens with one attached hydrogen (secondary N) is 1. The summed E-state index contributed by atoms with van der Waals surface area (Å²) >= 11 is 1.85. The number of rotatable bonds is 4. The summed E-state index contributed by atoms with van der Waals surface area (Å²) in [5, 5.41) is 3.71. The second kappa shape index (κ2) is 6.14. The summed E-state index contributed by atoms with van der Waals surface area (Å²) in [5.41, 5.74) is 7.45. The number of carbonyl (C=O) groups excluding carboxylic acids is 1. The Hall–Kier alpha value is -1.16. The van der Waals surface area contributed by atoms with Crippen LogP contribution in [0.4, 0.5) is 5.69 Å².